The third-order valence-corrected chi connectivity index (χ3v) is 5.21. The first-order valence-corrected chi connectivity index (χ1v) is 10.4. The third kappa shape index (κ3) is 6.31. The number of nitrogens with one attached hydrogen (secondary N) is 1. The molecule has 1 aliphatic heterocycles. The second-order valence-electron chi connectivity index (χ2n) is 7.41. The highest BCUT2D eigenvalue weighted by molar-refractivity contribution is 5.34. The van der Waals surface area contributed by atoms with Gasteiger partial charge in [-0.2, -0.15) is 0 Å². The van der Waals surface area contributed by atoms with Crippen molar-refractivity contribution in [2.75, 3.05) is 11.9 Å². The summed E-state index contributed by atoms with van der Waals surface area (Å²) in [4.78, 5) is 11.9. The van der Waals surface area contributed by atoms with Gasteiger partial charge in [-0.1, -0.05) is 69.6 Å². The van der Waals surface area contributed by atoms with Gasteiger partial charge in [0, 0.05) is 37.4 Å². The molecule has 2 rings (SSSR count). The fourth-order valence-electron chi connectivity index (χ4n) is 3.63. The highest BCUT2D eigenvalue weighted by Gasteiger charge is 2.26. The molecule has 1 aliphatic rings. The van der Waals surface area contributed by atoms with E-state index in [0.717, 1.165) is 32.0 Å². The molecule has 1 aromatic rings. The van der Waals surface area contributed by atoms with Crippen LogP contribution in [0.5, 0.6) is 0 Å². The molecule has 0 aliphatic carbocycles. The van der Waals surface area contributed by atoms with Gasteiger partial charge in [0.15, 0.2) is 0 Å². The zero-order valence-electron chi connectivity index (χ0n) is 17.6. The second-order valence-corrected chi connectivity index (χ2v) is 7.41. The lowest BCUT2D eigenvalue weighted by Gasteiger charge is -2.26. The molecule has 148 valence electrons. The van der Waals surface area contributed by atoms with E-state index >= 15 is 0 Å². The van der Waals surface area contributed by atoms with E-state index in [1.807, 2.05) is 12.3 Å². The third-order valence-electron chi connectivity index (χ3n) is 5.21. The van der Waals surface area contributed by atoms with Crippen molar-refractivity contribution in [1.82, 2.24) is 14.9 Å². The van der Waals surface area contributed by atoms with Gasteiger partial charge in [0.05, 0.1) is 5.69 Å². The van der Waals surface area contributed by atoms with Crippen LogP contribution in [0.2, 0.25) is 0 Å². The van der Waals surface area contributed by atoms with Crippen molar-refractivity contribution in [3.63, 3.8) is 0 Å². The maximum absolute atomic E-state index is 4.78. The average molecular weight is 369 g/mol. The standard InChI is InChI=1S/C23H36N4/c1-6-10-21(11-7-2)27-16-20-15-25-23(26-22(20)17-27)24-13-12-19(9-4)14-18(5)8-3/h8,12,14-15,21H,3,6-7,9-11,13,16-17H2,1-2,4-5H3,(H,24,25,26)/b18-14-,19-12-. The number of aromatic nitrogens is 2. The van der Waals surface area contributed by atoms with E-state index in [1.54, 1.807) is 0 Å². The van der Waals surface area contributed by atoms with Crippen molar-refractivity contribution < 1.29 is 0 Å². The molecular weight excluding hydrogens is 332 g/mol. The summed E-state index contributed by atoms with van der Waals surface area (Å²) in [6.45, 7) is 15.3. The van der Waals surface area contributed by atoms with E-state index in [1.165, 1.54) is 48.1 Å². The van der Waals surface area contributed by atoms with Gasteiger partial charge in [0.25, 0.3) is 0 Å². The predicted octanol–water partition coefficient (Wildman–Crippen LogP) is 5.64. The summed E-state index contributed by atoms with van der Waals surface area (Å²) in [6, 6.07) is 0.667. The van der Waals surface area contributed by atoms with Crippen LogP contribution in [0.3, 0.4) is 0 Å². The molecule has 0 atom stereocenters. The summed E-state index contributed by atoms with van der Waals surface area (Å²) in [5.41, 5.74) is 4.96. The molecule has 0 saturated heterocycles. The van der Waals surface area contributed by atoms with E-state index in [4.69, 9.17) is 4.98 Å². The molecule has 0 aromatic carbocycles. The van der Waals surface area contributed by atoms with Crippen molar-refractivity contribution in [3.05, 3.63) is 53.4 Å². The topological polar surface area (TPSA) is 41.1 Å². The number of anilines is 1. The number of rotatable bonds is 11. The SMILES string of the molecule is C=C/C(C)=C\C(=C/CNc1ncc2c(n1)CN(C(CCC)CCC)C2)CC. The Hall–Kier alpha value is -1.94. The highest BCUT2D eigenvalue weighted by Crippen LogP contribution is 2.26. The maximum atomic E-state index is 4.78. The Morgan fingerprint density at radius 3 is 2.63 bits per heavy atom. The number of nitrogens with zero attached hydrogens (tertiary/aromatic N) is 3. The molecule has 0 amide bonds. The van der Waals surface area contributed by atoms with Crippen LogP contribution in [0.15, 0.2) is 42.2 Å². The van der Waals surface area contributed by atoms with Gasteiger partial charge in [-0.3, -0.25) is 4.90 Å². The number of hydrogen-bond donors (Lipinski definition) is 1. The normalized spacial score (nSPS) is 15.3. The Morgan fingerprint density at radius 1 is 1.26 bits per heavy atom. The first-order valence-electron chi connectivity index (χ1n) is 10.4. The van der Waals surface area contributed by atoms with Crippen LogP contribution in [0.25, 0.3) is 0 Å². The molecule has 1 aromatic heterocycles. The summed E-state index contributed by atoms with van der Waals surface area (Å²) < 4.78 is 0. The van der Waals surface area contributed by atoms with Crippen LogP contribution in [0.4, 0.5) is 5.95 Å². The van der Waals surface area contributed by atoms with Crippen LogP contribution in [0, 0.1) is 0 Å². The zero-order valence-corrected chi connectivity index (χ0v) is 17.6. The minimum atomic E-state index is 0.667. The van der Waals surface area contributed by atoms with Crippen molar-refractivity contribution in [2.45, 2.75) is 78.9 Å². The Labute approximate surface area is 165 Å². The maximum Gasteiger partial charge on any atom is 0.223 e. The van der Waals surface area contributed by atoms with Crippen molar-refractivity contribution in [3.8, 4) is 0 Å². The molecular formula is C23H36N4. The van der Waals surface area contributed by atoms with Crippen molar-refractivity contribution in [2.24, 2.45) is 0 Å². The smallest absolute Gasteiger partial charge is 0.223 e. The van der Waals surface area contributed by atoms with Crippen LogP contribution in [-0.4, -0.2) is 27.5 Å². The predicted molar refractivity (Wildman–Crippen MR) is 116 cm³/mol. The van der Waals surface area contributed by atoms with Gasteiger partial charge >= 0.3 is 0 Å². The van der Waals surface area contributed by atoms with Gasteiger partial charge < -0.3 is 5.32 Å². The van der Waals surface area contributed by atoms with Crippen molar-refractivity contribution in [1.29, 1.82) is 0 Å². The molecule has 0 unspecified atom stereocenters. The van der Waals surface area contributed by atoms with Crippen LogP contribution >= 0.6 is 0 Å². The fraction of sp³-hybridized carbons (Fsp3) is 0.565. The molecule has 4 nitrogen and oxygen atoms in total. The van der Waals surface area contributed by atoms with E-state index in [0.29, 0.717) is 6.04 Å². The number of fused-ring (bicyclic) bond motifs is 1. The Kier molecular flexibility index (Phi) is 8.73. The summed E-state index contributed by atoms with van der Waals surface area (Å²) in [5.74, 6) is 0.731. The van der Waals surface area contributed by atoms with Crippen LogP contribution in [0.1, 0.15) is 71.1 Å². The summed E-state index contributed by atoms with van der Waals surface area (Å²) in [5, 5.41) is 3.35. The number of hydrogen-bond acceptors (Lipinski definition) is 4. The zero-order chi connectivity index (χ0) is 19.6. The van der Waals surface area contributed by atoms with E-state index in [2.05, 4.69) is 61.6 Å². The molecule has 0 bridgehead atoms. The summed E-state index contributed by atoms with van der Waals surface area (Å²) in [7, 11) is 0. The largest absolute Gasteiger partial charge is 0.351 e. The Morgan fingerprint density at radius 2 is 2.00 bits per heavy atom. The first-order chi connectivity index (χ1) is 13.1. The lowest BCUT2D eigenvalue weighted by atomic mass is 10.1. The van der Waals surface area contributed by atoms with E-state index in [-0.39, 0.29) is 0 Å². The van der Waals surface area contributed by atoms with Gasteiger partial charge in [-0.15, -0.1) is 0 Å². The lowest BCUT2D eigenvalue weighted by Crippen LogP contribution is -2.30. The minimum absolute atomic E-state index is 0.667. The van der Waals surface area contributed by atoms with Crippen molar-refractivity contribution >= 4 is 5.95 Å². The summed E-state index contributed by atoms with van der Waals surface area (Å²) >= 11 is 0. The molecule has 0 spiro atoms. The van der Waals surface area contributed by atoms with Gasteiger partial charge in [0.1, 0.15) is 0 Å². The Balaban J connectivity index is 1.98. The van der Waals surface area contributed by atoms with E-state index in [9.17, 15) is 0 Å². The molecule has 4 heteroatoms. The minimum Gasteiger partial charge on any atom is -0.351 e. The molecule has 27 heavy (non-hydrogen) atoms. The monoisotopic (exact) mass is 368 g/mol. The fourth-order valence-corrected chi connectivity index (χ4v) is 3.63. The van der Waals surface area contributed by atoms with Crippen LogP contribution < -0.4 is 5.32 Å². The average Bonchev–Trinajstić information content (AvgIpc) is 3.10. The summed E-state index contributed by atoms with van der Waals surface area (Å²) in [6.07, 6.45) is 14.3. The Bertz CT molecular complexity index is 669. The highest BCUT2D eigenvalue weighted by atomic mass is 15.2. The quantitative estimate of drug-likeness (QED) is 0.513. The second kappa shape index (κ2) is 11.0. The van der Waals surface area contributed by atoms with Gasteiger partial charge in [0.2, 0.25) is 5.95 Å². The number of allylic oxidation sites excluding steroid dienone is 4. The first kappa shape index (κ1) is 21.4. The van der Waals surface area contributed by atoms with E-state index < -0.39 is 0 Å². The van der Waals surface area contributed by atoms with Gasteiger partial charge in [-0.05, 0) is 26.2 Å². The molecule has 0 saturated carbocycles. The molecule has 0 fully saturated rings. The molecule has 0 radical (unpaired) electrons. The van der Waals surface area contributed by atoms with Gasteiger partial charge in [-0.25, -0.2) is 9.97 Å². The lowest BCUT2D eigenvalue weighted by molar-refractivity contribution is 0.175. The van der Waals surface area contributed by atoms with Crippen LogP contribution in [-0.2, 0) is 13.1 Å². The molecule has 2 heterocycles. The molecule has 1 N–H and O–H groups in total.